The first-order chi connectivity index (χ1) is 50.3. The molecule has 12 atom stereocenters. The molecule has 4 aromatic rings. The lowest BCUT2D eigenvalue weighted by atomic mass is 9.44. The van der Waals surface area contributed by atoms with Gasteiger partial charge in [0.1, 0.15) is 18.5 Å². The van der Waals surface area contributed by atoms with Crippen molar-refractivity contribution in [2.75, 3.05) is 82.7 Å². The number of hydrogen-bond acceptors (Lipinski definition) is 19. The number of fused-ring (bicyclic) bond motifs is 12. The van der Waals surface area contributed by atoms with Gasteiger partial charge >= 0.3 is 12.1 Å². The molecule has 3 aromatic carbocycles. The van der Waals surface area contributed by atoms with Crippen LogP contribution in [0.4, 0.5) is 29.7 Å². The molecule has 27 nitrogen and oxygen atoms in total. The molecule has 29 heteroatoms. The van der Waals surface area contributed by atoms with E-state index >= 15 is 8.78 Å². The Balaban J connectivity index is 0.595. The van der Waals surface area contributed by atoms with Crippen LogP contribution in [-0.2, 0) is 86.9 Å². The summed E-state index contributed by atoms with van der Waals surface area (Å²) >= 11 is 0. The van der Waals surface area contributed by atoms with Gasteiger partial charge in [-0.3, -0.25) is 33.6 Å². The minimum absolute atomic E-state index is 0.00180. The summed E-state index contributed by atoms with van der Waals surface area (Å²) in [7, 11) is 1.85. The standard InChI is InChI=1S/C76H98F2N10O17/c1-7-13-66-104-62-41-54-55-40-57(77)56-39-51(89)25-27-73(56,4)75(55,78)60(91)42-74(54,5)76(62,105-66)61(92)43-82-72(98)103-45-47-19-21-50(22-20-47)83-70(96)48(15-12-28-81-71(79)97)38-59(90)67(46(2)3)84-64(94)26-30-99-32-34-101-36-37-102-35-33-100-31-29-80-63(93)23-24-65(95)88-44-49-14-8-9-16-52(49)69-68(85-86-87(69)6)53-17-10-11-18-58(53)88/h8-11,14,16-22,25,27,39,46,48,54-55,57,60,62,66-67,91H,7,12-13,15,23-24,26,28-38,40-45H2,1-6H3,(H,80,93)(H,82,98)(H,83,96)(H,84,94)(H3,79,81,97)/t48-,54+,55+,57+,60+,62-,66?,67+,73+,74+,75+,76-/m1/s1. The van der Waals surface area contributed by atoms with Crippen molar-refractivity contribution in [2.24, 2.45) is 47.3 Å². The first kappa shape index (κ1) is 78.9. The third-order valence-electron chi connectivity index (χ3n) is 21.4. The predicted octanol–water partition coefficient (Wildman–Crippen LogP) is 7.16. The minimum Gasteiger partial charge on any atom is -0.445 e. The van der Waals surface area contributed by atoms with Crippen molar-refractivity contribution in [1.29, 1.82) is 0 Å². The Morgan fingerprint density at radius 1 is 0.810 bits per heavy atom. The van der Waals surface area contributed by atoms with E-state index in [-0.39, 0.29) is 140 Å². The van der Waals surface area contributed by atoms with Crippen LogP contribution in [0.15, 0.2) is 96.6 Å². The summed E-state index contributed by atoms with van der Waals surface area (Å²) in [6, 6.07) is 20.1. The maximum atomic E-state index is 18.0. The molecule has 10 rings (SSSR count). The number of anilines is 2. The molecular weight excluding hydrogens is 1360 g/mol. The van der Waals surface area contributed by atoms with Crippen LogP contribution >= 0.6 is 0 Å². The number of halogens is 2. The SMILES string of the molecule is CCCC1O[C@@H]2C[C@H]3[C@@H]4C[C@H](F)C5=CC(=O)C=C[C@]5(C)[C@@]4(F)[C@@H](O)C[C@]3(C)[C@]2(C(=O)CNC(=O)OCc2ccc(NC(=O)[C@H](CCCNC(N)=O)CC(=O)[C@@H](NC(=O)CCOCCOCCOCCOCCNC(=O)CCC(=O)N3Cc4ccccc4-c4c(nnn4C)-c4ccccc43)C(C)C)cc2)O1. The number of para-hydroxylation sites is 1. The summed E-state index contributed by atoms with van der Waals surface area (Å²) in [5.41, 5.74) is 4.00. The Kier molecular flexibility index (Phi) is 26.4. The lowest BCUT2D eigenvalue weighted by molar-refractivity contribution is -0.233. The average molecular weight is 1460 g/mol. The Morgan fingerprint density at radius 3 is 2.20 bits per heavy atom. The molecule has 4 fully saturated rings. The highest BCUT2D eigenvalue weighted by Gasteiger charge is 2.80. The molecule has 6 aliphatic rings. The molecule has 7 amide bonds. The number of benzene rings is 3. The van der Waals surface area contributed by atoms with Gasteiger partial charge in [0.05, 0.1) is 95.6 Å². The average Bonchev–Trinajstić information content (AvgIpc) is 1.13. The summed E-state index contributed by atoms with van der Waals surface area (Å²) in [5.74, 6) is -5.82. The second kappa shape index (κ2) is 35.1. The summed E-state index contributed by atoms with van der Waals surface area (Å²) in [5, 5.41) is 34.1. The molecule has 4 aliphatic carbocycles. The third kappa shape index (κ3) is 17.6. The van der Waals surface area contributed by atoms with Crippen LogP contribution < -0.4 is 37.2 Å². The Morgan fingerprint density at radius 2 is 1.50 bits per heavy atom. The van der Waals surface area contributed by atoms with Crippen LogP contribution in [0.5, 0.6) is 0 Å². The van der Waals surface area contributed by atoms with Crippen LogP contribution in [0.3, 0.4) is 0 Å². The molecule has 3 heterocycles. The van der Waals surface area contributed by atoms with Crippen molar-refractivity contribution in [1.82, 2.24) is 36.3 Å². The van der Waals surface area contributed by atoms with Crippen LogP contribution in [0, 0.1) is 34.5 Å². The Hall–Kier alpha value is -8.71. The quantitative estimate of drug-likeness (QED) is 0.0222. The molecule has 0 spiro atoms. The molecule has 1 aromatic heterocycles. The zero-order valence-corrected chi connectivity index (χ0v) is 60.4. The van der Waals surface area contributed by atoms with E-state index in [1.54, 1.807) is 54.6 Å². The number of primary amides is 1. The summed E-state index contributed by atoms with van der Waals surface area (Å²) < 4.78 is 76.7. The van der Waals surface area contributed by atoms with Gasteiger partial charge in [-0.1, -0.05) is 100 Å². The molecular formula is C76H98F2N10O17. The fraction of sp³-hybridized carbons (Fsp3) is 0.566. The normalized spacial score (nSPS) is 25.3. The highest BCUT2D eigenvalue weighted by molar-refractivity contribution is 6.03. The highest BCUT2D eigenvalue weighted by Crippen LogP contribution is 2.72. The van der Waals surface area contributed by atoms with Crippen LogP contribution in [0.2, 0.25) is 0 Å². The zero-order valence-electron chi connectivity index (χ0n) is 60.4. The number of Topliss-reactive ketones (excluding diaryl/α,β-unsaturated/α-hetero) is 2. The van der Waals surface area contributed by atoms with E-state index in [9.17, 15) is 48.3 Å². The number of nitrogens with one attached hydrogen (secondary N) is 5. The number of amides is 7. The number of nitrogens with two attached hydrogens (primary N) is 1. The number of aromatic nitrogens is 3. The number of aliphatic hydroxyl groups is 1. The highest BCUT2D eigenvalue weighted by atomic mass is 19.1. The molecule has 2 aliphatic heterocycles. The molecule has 8 N–H and O–H groups in total. The first-order valence-corrected chi connectivity index (χ1v) is 36.3. The second-order valence-electron chi connectivity index (χ2n) is 28.5. The Labute approximate surface area is 609 Å². The maximum Gasteiger partial charge on any atom is 0.407 e. The molecule has 3 saturated carbocycles. The van der Waals surface area contributed by atoms with Crippen molar-refractivity contribution >= 4 is 64.5 Å². The van der Waals surface area contributed by atoms with Crippen molar-refractivity contribution in [3.63, 3.8) is 0 Å². The number of alkyl halides is 2. The van der Waals surface area contributed by atoms with Crippen LogP contribution in [-0.4, -0.2) is 188 Å². The Bertz CT molecular complexity index is 3870. The number of hydrogen-bond donors (Lipinski definition) is 7. The largest absolute Gasteiger partial charge is 0.445 e. The van der Waals surface area contributed by atoms with E-state index in [0.717, 1.165) is 28.5 Å². The minimum atomic E-state index is -2.39. The molecule has 1 saturated heterocycles. The lowest BCUT2D eigenvalue weighted by Gasteiger charge is -2.63. The molecule has 568 valence electrons. The number of ketones is 3. The monoisotopic (exact) mass is 1460 g/mol. The van der Waals surface area contributed by atoms with E-state index < -0.39 is 113 Å². The van der Waals surface area contributed by atoms with E-state index in [1.165, 1.54) is 19.1 Å². The van der Waals surface area contributed by atoms with Gasteiger partial charge < -0.3 is 75.5 Å². The fourth-order valence-electron chi connectivity index (χ4n) is 16.2. The summed E-state index contributed by atoms with van der Waals surface area (Å²) in [6.07, 6.45) is -1.50. The van der Waals surface area contributed by atoms with Crippen LogP contribution in [0.25, 0.3) is 22.5 Å². The van der Waals surface area contributed by atoms with Gasteiger partial charge in [-0.05, 0) is 104 Å². The number of urea groups is 1. The number of rotatable bonds is 36. The van der Waals surface area contributed by atoms with E-state index in [0.29, 0.717) is 61.7 Å². The summed E-state index contributed by atoms with van der Waals surface area (Å²) in [6.45, 7) is 10.5. The number of aryl methyl sites for hydroxylation is 1. The van der Waals surface area contributed by atoms with Crippen molar-refractivity contribution in [2.45, 2.75) is 160 Å². The van der Waals surface area contributed by atoms with Gasteiger partial charge in [-0.2, -0.15) is 0 Å². The predicted molar refractivity (Wildman–Crippen MR) is 380 cm³/mol. The van der Waals surface area contributed by atoms with Crippen molar-refractivity contribution < 1.29 is 90.2 Å². The number of allylic oxidation sites excluding steroid dienone is 4. The van der Waals surface area contributed by atoms with E-state index in [4.69, 9.17) is 38.9 Å². The topological polar surface area (TPSA) is 359 Å². The molecule has 0 bridgehead atoms. The van der Waals surface area contributed by atoms with Crippen molar-refractivity contribution in [3.8, 4) is 22.5 Å². The number of carbonyl (C=O) groups is 9. The lowest BCUT2D eigenvalue weighted by Crippen LogP contribution is -2.71. The number of alkyl carbamates (subject to hydrolysis) is 1. The molecule has 105 heavy (non-hydrogen) atoms. The number of nitrogens with zero attached hydrogens (tertiary/aromatic N) is 4. The van der Waals surface area contributed by atoms with Crippen LogP contribution in [0.1, 0.15) is 116 Å². The number of carbonyl (C=O) groups excluding carboxylic acids is 9. The van der Waals surface area contributed by atoms with E-state index in [2.05, 4.69) is 36.9 Å². The van der Waals surface area contributed by atoms with Gasteiger partial charge in [-0.25, -0.2) is 23.1 Å². The maximum absolute atomic E-state index is 18.0. The van der Waals surface area contributed by atoms with Gasteiger partial charge in [0.2, 0.25) is 23.6 Å². The van der Waals surface area contributed by atoms with Gasteiger partial charge in [-0.15, -0.1) is 5.10 Å². The van der Waals surface area contributed by atoms with Crippen molar-refractivity contribution in [3.05, 3.63) is 108 Å². The number of aliphatic hydroxyl groups excluding tert-OH is 1. The summed E-state index contributed by atoms with van der Waals surface area (Å²) in [4.78, 5) is 121. The van der Waals surface area contributed by atoms with Gasteiger partial charge in [0, 0.05) is 85.3 Å². The third-order valence-corrected chi connectivity index (χ3v) is 21.4. The molecule has 0 radical (unpaired) electrons. The smallest absolute Gasteiger partial charge is 0.407 e. The van der Waals surface area contributed by atoms with Gasteiger partial charge in [0.25, 0.3) is 0 Å². The second-order valence-corrected chi connectivity index (χ2v) is 28.5. The molecule has 1 unspecified atom stereocenters. The number of ether oxygens (including phenoxy) is 7. The first-order valence-electron chi connectivity index (χ1n) is 36.3. The zero-order chi connectivity index (χ0) is 75.2. The van der Waals surface area contributed by atoms with Gasteiger partial charge in [0.15, 0.2) is 34.9 Å². The fourth-order valence-corrected chi connectivity index (χ4v) is 16.2. The van der Waals surface area contributed by atoms with E-state index in [1.807, 2.05) is 62.5 Å².